The Hall–Kier alpha value is -1.20. The Morgan fingerprint density at radius 2 is 1.08 bits per heavy atom. The van der Waals surface area contributed by atoms with Crippen molar-refractivity contribution in [2.45, 2.75) is 9.79 Å². The standard InChI is InChI=1S/C20H16S4/c1-21-19-13-7-3-5-9-15(13)23-17(19)11-12-18-20(22-2)14-8-4-6-10-16(14)24-18/h3-12H,1-2H3/b12-11+. The number of rotatable bonds is 4. The Kier molecular flexibility index (Phi) is 4.72. The molecule has 0 amide bonds. The lowest BCUT2D eigenvalue weighted by molar-refractivity contribution is 1.61. The van der Waals surface area contributed by atoms with Crippen LogP contribution in [0.3, 0.4) is 0 Å². The maximum atomic E-state index is 2.29. The average molecular weight is 385 g/mol. The van der Waals surface area contributed by atoms with Gasteiger partial charge in [-0.25, -0.2) is 0 Å². The molecule has 0 bridgehead atoms. The number of hydrogen-bond donors (Lipinski definition) is 0. The van der Waals surface area contributed by atoms with Gasteiger partial charge in [-0.2, -0.15) is 0 Å². The van der Waals surface area contributed by atoms with Gasteiger partial charge in [0.25, 0.3) is 0 Å². The molecule has 0 spiro atoms. The van der Waals surface area contributed by atoms with Gasteiger partial charge in [-0.3, -0.25) is 0 Å². The fourth-order valence-corrected chi connectivity index (χ4v) is 7.09. The first-order valence-corrected chi connectivity index (χ1v) is 11.7. The maximum Gasteiger partial charge on any atom is 0.0419 e. The molecule has 0 radical (unpaired) electrons. The Morgan fingerprint density at radius 1 is 0.667 bits per heavy atom. The van der Waals surface area contributed by atoms with Gasteiger partial charge in [-0.05, 0) is 36.8 Å². The predicted molar refractivity (Wildman–Crippen MR) is 116 cm³/mol. The van der Waals surface area contributed by atoms with Crippen LogP contribution >= 0.6 is 46.2 Å². The molecule has 0 fully saturated rings. The maximum absolute atomic E-state index is 2.29. The number of hydrogen-bond acceptors (Lipinski definition) is 4. The summed E-state index contributed by atoms with van der Waals surface area (Å²) in [6.07, 6.45) is 8.92. The molecule has 0 nitrogen and oxygen atoms in total. The van der Waals surface area contributed by atoms with Crippen molar-refractivity contribution in [1.82, 2.24) is 0 Å². The van der Waals surface area contributed by atoms with Crippen LogP contribution in [0.4, 0.5) is 0 Å². The topological polar surface area (TPSA) is 0 Å². The third-order valence-electron chi connectivity index (χ3n) is 3.95. The Labute approximate surface area is 158 Å². The highest BCUT2D eigenvalue weighted by Crippen LogP contribution is 2.41. The van der Waals surface area contributed by atoms with E-state index in [1.165, 1.54) is 39.7 Å². The summed E-state index contributed by atoms with van der Waals surface area (Å²) < 4.78 is 2.73. The minimum atomic E-state index is 1.35. The van der Waals surface area contributed by atoms with E-state index in [0.29, 0.717) is 0 Å². The zero-order valence-corrected chi connectivity index (χ0v) is 16.7. The summed E-state index contributed by atoms with van der Waals surface area (Å²) in [5, 5.41) is 2.74. The van der Waals surface area contributed by atoms with Crippen LogP contribution in [0.15, 0.2) is 58.3 Å². The van der Waals surface area contributed by atoms with Crippen LogP contribution in [-0.2, 0) is 0 Å². The zero-order chi connectivity index (χ0) is 16.5. The summed E-state index contributed by atoms with van der Waals surface area (Å²) >= 11 is 7.43. The van der Waals surface area contributed by atoms with E-state index < -0.39 is 0 Å². The van der Waals surface area contributed by atoms with E-state index in [2.05, 4.69) is 73.2 Å². The van der Waals surface area contributed by atoms with E-state index in [9.17, 15) is 0 Å². The molecule has 24 heavy (non-hydrogen) atoms. The van der Waals surface area contributed by atoms with Gasteiger partial charge >= 0.3 is 0 Å². The van der Waals surface area contributed by atoms with Crippen LogP contribution in [0.25, 0.3) is 32.3 Å². The average Bonchev–Trinajstić information content (AvgIpc) is 3.16. The van der Waals surface area contributed by atoms with Crippen LogP contribution in [0, 0.1) is 0 Å². The number of thioether (sulfide) groups is 2. The van der Waals surface area contributed by atoms with Crippen molar-refractivity contribution in [2.24, 2.45) is 0 Å². The quantitative estimate of drug-likeness (QED) is 0.330. The minimum Gasteiger partial charge on any atom is -0.135 e. The first-order chi connectivity index (χ1) is 11.8. The minimum absolute atomic E-state index is 1.35. The van der Waals surface area contributed by atoms with Crippen LogP contribution < -0.4 is 0 Å². The molecule has 0 saturated carbocycles. The van der Waals surface area contributed by atoms with E-state index in [0.717, 1.165) is 0 Å². The van der Waals surface area contributed by atoms with E-state index in [-0.39, 0.29) is 0 Å². The molecule has 2 aromatic heterocycles. The van der Waals surface area contributed by atoms with Crippen molar-refractivity contribution in [3.63, 3.8) is 0 Å². The molecule has 0 unspecified atom stereocenters. The van der Waals surface area contributed by atoms with Crippen molar-refractivity contribution in [2.75, 3.05) is 12.5 Å². The van der Waals surface area contributed by atoms with Crippen molar-refractivity contribution < 1.29 is 0 Å². The van der Waals surface area contributed by atoms with Crippen LogP contribution in [0.5, 0.6) is 0 Å². The zero-order valence-electron chi connectivity index (χ0n) is 13.4. The highest BCUT2D eigenvalue weighted by molar-refractivity contribution is 7.99. The summed E-state index contributed by atoms with van der Waals surface area (Å²) in [7, 11) is 0. The Morgan fingerprint density at radius 3 is 1.50 bits per heavy atom. The Bertz CT molecular complexity index is 952. The van der Waals surface area contributed by atoms with E-state index in [1.54, 1.807) is 0 Å². The molecule has 0 aliphatic rings. The van der Waals surface area contributed by atoms with Gasteiger partial charge in [0.15, 0.2) is 0 Å². The summed E-state index contributed by atoms with van der Waals surface area (Å²) in [6, 6.07) is 17.4. The summed E-state index contributed by atoms with van der Waals surface area (Å²) in [5.74, 6) is 0. The lowest BCUT2D eigenvalue weighted by Gasteiger charge is -1.97. The number of benzene rings is 2. The molecular formula is C20H16S4. The molecule has 0 aliphatic carbocycles. The molecule has 4 aromatic rings. The number of fused-ring (bicyclic) bond motifs is 2. The van der Waals surface area contributed by atoms with Crippen LogP contribution in [0.1, 0.15) is 9.75 Å². The predicted octanol–water partition coefficient (Wildman–Crippen LogP) is 7.73. The van der Waals surface area contributed by atoms with E-state index >= 15 is 0 Å². The molecule has 4 rings (SSSR count). The van der Waals surface area contributed by atoms with Gasteiger partial charge in [0.2, 0.25) is 0 Å². The normalized spacial score (nSPS) is 11.9. The molecule has 120 valence electrons. The van der Waals surface area contributed by atoms with Crippen molar-refractivity contribution >= 4 is 78.5 Å². The lowest BCUT2D eigenvalue weighted by atomic mass is 10.2. The largest absolute Gasteiger partial charge is 0.135 e. The summed E-state index contributed by atoms with van der Waals surface area (Å²) in [6.45, 7) is 0. The van der Waals surface area contributed by atoms with Crippen molar-refractivity contribution in [3.05, 3.63) is 58.3 Å². The molecular weight excluding hydrogens is 368 g/mol. The van der Waals surface area contributed by atoms with Gasteiger partial charge in [0.05, 0.1) is 0 Å². The van der Waals surface area contributed by atoms with Gasteiger partial charge in [0.1, 0.15) is 0 Å². The fraction of sp³-hybridized carbons (Fsp3) is 0.100. The van der Waals surface area contributed by atoms with E-state index in [4.69, 9.17) is 0 Å². The van der Waals surface area contributed by atoms with Gasteiger partial charge in [-0.15, -0.1) is 46.2 Å². The molecule has 0 aliphatic heterocycles. The third kappa shape index (κ3) is 2.82. The van der Waals surface area contributed by atoms with Crippen molar-refractivity contribution in [1.29, 1.82) is 0 Å². The monoisotopic (exact) mass is 384 g/mol. The summed E-state index contributed by atoms with van der Waals surface area (Å²) in [5.41, 5.74) is 0. The van der Waals surface area contributed by atoms with E-state index in [1.807, 2.05) is 46.2 Å². The summed E-state index contributed by atoms with van der Waals surface area (Å²) in [4.78, 5) is 5.48. The van der Waals surface area contributed by atoms with Crippen LogP contribution in [0.2, 0.25) is 0 Å². The molecule has 0 atom stereocenters. The molecule has 2 heterocycles. The third-order valence-corrected chi connectivity index (χ3v) is 8.17. The second kappa shape index (κ2) is 6.96. The highest BCUT2D eigenvalue weighted by atomic mass is 32.2. The lowest BCUT2D eigenvalue weighted by Crippen LogP contribution is -1.72. The Balaban J connectivity index is 1.81. The molecule has 4 heteroatoms. The smallest absolute Gasteiger partial charge is 0.0419 e. The SMILES string of the molecule is CSc1c(/C=C/c2sc3ccccc3c2SC)sc2ccccc12. The first kappa shape index (κ1) is 16.3. The van der Waals surface area contributed by atoms with Crippen molar-refractivity contribution in [3.8, 4) is 0 Å². The van der Waals surface area contributed by atoms with Gasteiger partial charge < -0.3 is 0 Å². The second-order valence-corrected chi connectivity index (χ2v) is 9.13. The molecule has 0 saturated heterocycles. The van der Waals surface area contributed by atoms with Gasteiger partial charge in [0, 0.05) is 39.7 Å². The molecule has 2 aromatic carbocycles. The number of thiophene rings is 2. The van der Waals surface area contributed by atoms with Crippen LogP contribution in [-0.4, -0.2) is 12.5 Å². The van der Waals surface area contributed by atoms with Gasteiger partial charge in [-0.1, -0.05) is 36.4 Å². The first-order valence-electron chi connectivity index (χ1n) is 7.61. The fourth-order valence-electron chi connectivity index (χ4n) is 2.87. The highest BCUT2D eigenvalue weighted by Gasteiger charge is 2.11. The second-order valence-electron chi connectivity index (χ2n) is 5.32. The molecule has 0 N–H and O–H groups in total.